The van der Waals surface area contributed by atoms with Crippen molar-refractivity contribution in [3.63, 3.8) is 0 Å². The third-order valence-corrected chi connectivity index (χ3v) is 3.32. The minimum atomic E-state index is -4.34. The van der Waals surface area contributed by atoms with Crippen molar-refractivity contribution in [2.75, 3.05) is 0 Å². The maximum Gasteiger partial charge on any atom is 0.416 e. The number of carbonyl (C=O) groups is 1. The van der Waals surface area contributed by atoms with E-state index in [0.29, 0.717) is 12.0 Å². The van der Waals surface area contributed by atoms with Gasteiger partial charge in [-0.3, -0.25) is 4.79 Å². The van der Waals surface area contributed by atoms with Crippen LogP contribution < -0.4 is 5.32 Å². The Morgan fingerprint density at radius 3 is 2.72 bits per heavy atom. The topological polar surface area (TPSA) is 29.1 Å². The Balaban J connectivity index is 2.31. The van der Waals surface area contributed by atoms with Gasteiger partial charge in [-0.1, -0.05) is 25.1 Å². The summed E-state index contributed by atoms with van der Waals surface area (Å²) in [6, 6.07) is 5.18. The summed E-state index contributed by atoms with van der Waals surface area (Å²) in [5, 5.41) is 2.79. The summed E-state index contributed by atoms with van der Waals surface area (Å²) >= 11 is 0. The van der Waals surface area contributed by atoms with Crippen LogP contribution in [0.4, 0.5) is 13.2 Å². The fourth-order valence-corrected chi connectivity index (χ4v) is 2.39. The molecule has 0 spiro atoms. The number of halogens is 3. The van der Waals surface area contributed by atoms with E-state index in [4.69, 9.17) is 0 Å². The third kappa shape index (κ3) is 2.49. The number of benzene rings is 1. The van der Waals surface area contributed by atoms with Gasteiger partial charge in [0.15, 0.2) is 0 Å². The van der Waals surface area contributed by atoms with Crippen molar-refractivity contribution in [2.45, 2.75) is 37.9 Å². The number of carbonyl (C=O) groups excluding carboxylic acids is 1. The molecule has 1 aromatic carbocycles. The molecule has 98 valence electrons. The van der Waals surface area contributed by atoms with Gasteiger partial charge in [-0.25, -0.2) is 0 Å². The summed E-state index contributed by atoms with van der Waals surface area (Å²) in [6.07, 6.45) is -3.36. The Labute approximate surface area is 103 Å². The maximum absolute atomic E-state index is 12.6. The van der Waals surface area contributed by atoms with Gasteiger partial charge in [-0.15, -0.1) is 0 Å². The second-order valence-electron chi connectivity index (χ2n) is 4.52. The van der Waals surface area contributed by atoms with Crippen molar-refractivity contribution in [1.82, 2.24) is 5.32 Å². The molecule has 2 atom stereocenters. The normalized spacial score (nSPS) is 24.1. The molecule has 1 heterocycles. The first-order valence-corrected chi connectivity index (χ1v) is 5.88. The van der Waals surface area contributed by atoms with Crippen LogP contribution in [0.2, 0.25) is 0 Å². The predicted molar refractivity (Wildman–Crippen MR) is 61.0 cm³/mol. The van der Waals surface area contributed by atoms with Gasteiger partial charge >= 0.3 is 6.18 Å². The average molecular weight is 257 g/mol. The second-order valence-corrected chi connectivity index (χ2v) is 4.52. The Morgan fingerprint density at radius 2 is 2.11 bits per heavy atom. The highest BCUT2D eigenvalue weighted by atomic mass is 19.4. The molecule has 2 nitrogen and oxygen atoms in total. The molecular formula is C13H14F3NO. The monoisotopic (exact) mass is 257 g/mol. The van der Waals surface area contributed by atoms with Crippen LogP contribution in [0.5, 0.6) is 0 Å². The highest BCUT2D eigenvalue weighted by Gasteiger charge is 2.35. The third-order valence-electron chi connectivity index (χ3n) is 3.32. The van der Waals surface area contributed by atoms with Crippen LogP contribution in [0.3, 0.4) is 0 Å². The van der Waals surface area contributed by atoms with Crippen molar-refractivity contribution in [1.29, 1.82) is 0 Å². The first kappa shape index (κ1) is 12.9. The van der Waals surface area contributed by atoms with Gasteiger partial charge in [0.05, 0.1) is 5.56 Å². The fourth-order valence-electron chi connectivity index (χ4n) is 2.39. The molecule has 0 aliphatic carbocycles. The van der Waals surface area contributed by atoms with E-state index in [9.17, 15) is 18.0 Å². The summed E-state index contributed by atoms with van der Waals surface area (Å²) in [5.41, 5.74) is -0.0794. The Kier molecular flexibility index (Phi) is 3.32. The SMILES string of the molecule is CCC1NC(=O)CC1c1cccc(C(F)(F)F)c1. The second kappa shape index (κ2) is 4.63. The van der Waals surface area contributed by atoms with E-state index < -0.39 is 11.7 Å². The van der Waals surface area contributed by atoms with Gasteiger partial charge in [-0.2, -0.15) is 13.2 Å². The molecule has 1 fully saturated rings. The molecule has 1 aromatic rings. The molecule has 1 amide bonds. The Bertz CT molecular complexity index is 456. The van der Waals surface area contributed by atoms with Gasteiger partial charge in [0.1, 0.15) is 0 Å². The Morgan fingerprint density at radius 1 is 1.39 bits per heavy atom. The number of hydrogen-bond donors (Lipinski definition) is 1. The first-order chi connectivity index (χ1) is 8.41. The number of hydrogen-bond acceptors (Lipinski definition) is 1. The molecule has 0 aromatic heterocycles. The van der Waals surface area contributed by atoms with Gasteiger partial charge in [-0.05, 0) is 18.1 Å². The summed E-state index contributed by atoms with van der Waals surface area (Å²) in [7, 11) is 0. The van der Waals surface area contributed by atoms with E-state index in [2.05, 4.69) is 5.32 Å². The lowest BCUT2D eigenvalue weighted by atomic mass is 9.89. The van der Waals surface area contributed by atoms with Crippen LogP contribution in [-0.2, 0) is 11.0 Å². The standard InChI is InChI=1S/C13H14F3NO/c1-2-11-10(7-12(18)17-11)8-4-3-5-9(6-8)13(14,15)16/h3-6,10-11H,2,7H2,1H3,(H,17,18). The minimum absolute atomic E-state index is 0.0685. The number of amides is 1. The molecule has 2 rings (SSSR count). The van der Waals surface area contributed by atoms with Crippen LogP contribution in [0.25, 0.3) is 0 Å². The van der Waals surface area contributed by atoms with Crippen molar-refractivity contribution >= 4 is 5.91 Å². The summed E-state index contributed by atoms with van der Waals surface area (Å²) in [4.78, 5) is 11.3. The lowest BCUT2D eigenvalue weighted by Crippen LogP contribution is -2.27. The molecule has 1 aliphatic heterocycles. The number of rotatable bonds is 2. The van der Waals surface area contributed by atoms with Crippen LogP contribution in [-0.4, -0.2) is 11.9 Å². The van der Waals surface area contributed by atoms with E-state index in [1.54, 1.807) is 6.07 Å². The fraction of sp³-hybridized carbons (Fsp3) is 0.462. The van der Waals surface area contributed by atoms with Crippen molar-refractivity contribution < 1.29 is 18.0 Å². The van der Waals surface area contributed by atoms with E-state index in [0.717, 1.165) is 12.1 Å². The highest BCUT2D eigenvalue weighted by molar-refractivity contribution is 5.80. The molecule has 0 saturated carbocycles. The lowest BCUT2D eigenvalue weighted by molar-refractivity contribution is -0.137. The quantitative estimate of drug-likeness (QED) is 0.866. The van der Waals surface area contributed by atoms with Gasteiger partial charge in [0.2, 0.25) is 5.91 Å². The van der Waals surface area contributed by atoms with Crippen LogP contribution in [0.1, 0.15) is 36.8 Å². The van der Waals surface area contributed by atoms with Crippen LogP contribution in [0, 0.1) is 0 Å². The average Bonchev–Trinajstić information content (AvgIpc) is 2.69. The summed E-state index contributed by atoms with van der Waals surface area (Å²) < 4.78 is 37.9. The smallest absolute Gasteiger partial charge is 0.353 e. The van der Waals surface area contributed by atoms with Crippen LogP contribution in [0.15, 0.2) is 24.3 Å². The number of alkyl halides is 3. The molecule has 1 saturated heterocycles. The van der Waals surface area contributed by atoms with E-state index >= 15 is 0 Å². The van der Waals surface area contributed by atoms with E-state index in [-0.39, 0.29) is 24.3 Å². The molecule has 1 N–H and O–H groups in total. The van der Waals surface area contributed by atoms with Gasteiger partial charge in [0.25, 0.3) is 0 Å². The zero-order chi connectivity index (χ0) is 13.3. The molecule has 18 heavy (non-hydrogen) atoms. The maximum atomic E-state index is 12.6. The molecule has 1 aliphatic rings. The zero-order valence-electron chi connectivity index (χ0n) is 9.92. The van der Waals surface area contributed by atoms with E-state index in [1.807, 2.05) is 6.92 Å². The zero-order valence-corrected chi connectivity index (χ0v) is 9.92. The van der Waals surface area contributed by atoms with Crippen LogP contribution >= 0.6 is 0 Å². The molecule has 0 bridgehead atoms. The van der Waals surface area contributed by atoms with Crippen molar-refractivity contribution in [3.05, 3.63) is 35.4 Å². The molecule has 2 unspecified atom stereocenters. The molecule has 0 radical (unpaired) electrons. The van der Waals surface area contributed by atoms with Gasteiger partial charge < -0.3 is 5.32 Å². The summed E-state index contributed by atoms with van der Waals surface area (Å²) in [5.74, 6) is -0.255. The first-order valence-electron chi connectivity index (χ1n) is 5.88. The Hall–Kier alpha value is -1.52. The van der Waals surface area contributed by atoms with Crippen molar-refractivity contribution in [2.24, 2.45) is 0 Å². The number of nitrogens with one attached hydrogen (secondary N) is 1. The minimum Gasteiger partial charge on any atom is -0.353 e. The molecular weight excluding hydrogens is 243 g/mol. The summed E-state index contributed by atoms with van der Waals surface area (Å²) in [6.45, 7) is 1.91. The van der Waals surface area contributed by atoms with Crippen molar-refractivity contribution in [3.8, 4) is 0 Å². The van der Waals surface area contributed by atoms with Gasteiger partial charge in [0, 0.05) is 18.4 Å². The van der Waals surface area contributed by atoms with E-state index in [1.165, 1.54) is 6.07 Å². The highest BCUT2D eigenvalue weighted by Crippen LogP contribution is 2.34. The predicted octanol–water partition coefficient (Wildman–Crippen LogP) is 3.09. The largest absolute Gasteiger partial charge is 0.416 e. The molecule has 5 heteroatoms. The lowest BCUT2D eigenvalue weighted by Gasteiger charge is -2.18.